The summed E-state index contributed by atoms with van der Waals surface area (Å²) in [6.07, 6.45) is 5.57. The van der Waals surface area contributed by atoms with E-state index in [4.69, 9.17) is 18.3 Å². The molecule has 0 aromatic carbocycles. The van der Waals surface area contributed by atoms with E-state index < -0.39 is 28.6 Å². The van der Waals surface area contributed by atoms with Crippen molar-refractivity contribution in [3.8, 4) is 0 Å². The van der Waals surface area contributed by atoms with Crippen molar-refractivity contribution < 1.29 is 27.9 Å². The number of allylic oxidation sites excluding steroid dienone is 2. The molecule has 8 heteroatoms. The van der Waals surface area contributed by atoms with Crippen molar-refractivity contribution in [3.05, 3.63) is 35.1 Å². The van der Waals surface area contributed by atoms with Gasteiger partial charge in [-0.1, -0.05) is 12.2 Å². The molecule has 0 aromatic heterocycles. The molecule has 148 valence electrons. The first-order chi connectivity index (χ1) is 12.0. The fourth-order valence-electron chi connectivity index (χ4n) is 2.34. The standard InChI is InChI=1S/C18H32O6Si2/c1-9-17(25(5,6)21-11-3)23-15(19)13-14-16(20)24-18(10-2)26(7,8)22-12-4/h9-10,13-14H,11-12H2,1-8H3/b14-13-,17-9+,18-10+. The van der Waals surface area contributed by atoms with Crippen molar-refractivity contribution in [1.29, 1.82) is 0 Å². The van der Waals surface area contributed by atoms with Crippen molar-refractivity contribution in [2.75, 3.05) is 13.2 Å². The van der Waals surface area contributed by atoms with Crippen LogP contribution in [0.2, 0.25) is 26.2 Å². The van der Waals surface area contributed by atoms with E-state index in [2.05, 4.69) is 0 Å². The van der Waals surface area contributed by atoms with Crippen LogP contribution in [-0.4, -0.2) is 41.8 Å². The third-order valence-electron chi connectivity index (χ3n) is 3.50. The normalized spacial score (nSPS) is 13.8. The fourth-order valence-corrected chi connectivity index (χ4v) is 6.15. The van der Waals surface area contributed by atoms with Crippen LogP contribution in [0.1, 0.15) is 27.7 Å². The maximum absolute atomic E-state index is 12.0. The average Bonchev–Trinajstić information content (AvgIpc) is 2.55. The van der Waals surface area contributed by atoms with Crippen LogP contribution < -0.4 is 0 Å². The lowest BCUT2D eigenvalue weighted by Crippen LogP contribution is -2.36. The first-order valence-corrected chi connectivity index (χ1v) is 14.6. The maximum Gasteiger partial charge on any atom is 0.335 e. The van der Waals surface area contributed by atoms with Gasteiger partial charge in [0.05, 0.1) is 0 Å². The van der Waals surface area contributed by atoms with Gasteiger partial charge in [-0.25, -0.2) is 9.59 Å². The highest BCUT2D eigenvalue weighted by Gasteiger charge is 2.31. The van der Waals surface area contributed by atoms with Crippen LogP contribution in [0.25, 0.3) is 0 Å². The van der Waals surface area contributed by atoms with Gasteiger partial charge in [-0.05, 0) is 53.9 Å². The second kappa shape index (κ2) is 11.3. The highest BCUT2D eigenvalue weighted by atomic mass is 28.4. The van der Waals surface area contributed by atoms with E-state index in [-0.39, 0.29) is 0 Å². The molecule has 0 saturated heterocycles. The third-order valence-corrected chi connectivity index (χ3v) is 8.67. The molecule has 0 unspecified atom stereocenters. The van der Waals surface area contributed by atoms with Crippen molar-refractivity contribution in [1.82, 2.24) is 0 Å². The predicted molar refractivity (Wildman–Crippen MR) is 107 cm³/mol. The largest absolute Gasteiger partial charge is 0.431 e. The van der Waals surface area contributed by atoms with E-state index in [0.29, 0.717) is 24.0 Å². The van der Waals surface area contributed by atoms with Gasteiger partial charge in [0.2, 0.25) is 0 Å². The molecule has 0 aliphatic rings. The lowest BCUT2D eigenvalue weighted by atomic mass is 10.5. The van der Waals surface area contributed by atoms with Crippen molar-refractivity contribution in [2.45, 2.75) is 53.9 Å². The fraction of sp³-hybridized carbons (Fsp3) is 0.556. The average molecular weight is 401 g/mol. The second-order valence-corrected chi connectivity index (χ2v) is 14.0. The summed E-state index contributed by atoms with van der Waals surface area (Å²) in [5.74, 6) is -1.28. The smallest absolute Gasteiger partial charge is 0.335 e. The maximum atomic E-state index is 12.0. The monoisotopic (exact) mass is 400 g/mol. The van der Waals surface area contributed by atoms with E-state index in [9.17, 15) is 9.59 Å². The van der Waals surface area contributed by atoms with Crippen molar-refractivity contribution in [2.24, 2.45) is 0 Å². The SMILES string of the molecule is C/C=C(\OC(=O)/C=C\C(=O)O/C(=C\C)[Si](C)(C)OCC)[Si](C)(C)OCC. The van der Waals surface area contributed by atoms with Crippen molar-refractivity contribution in [3.63, 3.8) is 0 Å². The number of carbonyl (C=O) groups is 2. The van der Waals surface area contributed by atoms with Gasteiger partial charge in [-0.3, -0.25) is 0 Å². The number of carbonyl (C=O) groups excluding carboxylic acids is 2. The molecule has 0 N–H and O–H groups in total. The molecular weight excluding hydrogens is 368 g/mol. The summed E-state index contributed by atoms with van der Waals surface area (Å²) in [4.78, 5) is 24.0. The van der Waals surface area contributed by atoms with Gasteiger partial charge in [0.25, 0.3) is 16.6 Å². The summed E-state index contributed by atoms with van der Waals surface area (Å²) in [5, 5.41) is 1.03. The molecule has 6 nitrogen and oxygen atoms in total. The van der Waals surface area contributed by atoms with Gasteiger partial charge >= 0.3 is 11.9 Å². The summed E-state index contributed by atoms with van der Waals surface area (Å²) in [6, 6.07) is 0. The summed E-state index contributed by atoms with van der Waals surface area (Å²) < 4.78 is 22.1. The van der Waals surface area contributed by atoms with E-state index in [0.717, 1.165) is 12.2 Å². The summed E-state index contributed by atoms with van der Waals surface area (Å²) >= 11 is 0. The van der Waals surface area contributed by atoms with Gasteiger partial charge < -0.3 is 18.3 Å². The molecule has 0 atom stereocenters. The third kappa shape index (κ3) is 8.26. The predicted octanol–water partition coefficient (Wildman–Crippen LogP) is 4.00. The Morgan fingerprint density at radius 3 is 1.27 bits per heavy atom. The van der Waals surface area contributed by atoms with Gasteiger partial charge in [-0.15, -0.1) is 0 Å². The Balaban J connectivity index is 4.90. The van der Waals surface area contributed by atoms with Crippen LogP contribution in [-0.2, 0) is 27.9 Å². The van der Waals surface area contributed by atoms with E-state index in [1.165, 1.54) is 0 Å². The van der Waals surface area contributed by atoms with Gasteiger partial charge in [0.1, 0.15) is 10.8 Å². The summed E-state index contributed by atoms with van der Waals surface area (Å²) in [6.45, 7) is 16.2. The van der Waals surface area contributed by atoms with Gasteiger partial charge in [0, 0.05) is 25.4 Å². The topological polar surface area (TPSA) is 71.1 Å². The Hall–Kier alpha value is -1.49. The van der Waals surface area contributed by atoms with Gasteiger partial charge in [0.15, 0.2) is 0 Å². The molecule has 0 heterocycles. The molecule has 0 saturated carbocycles. The molecule has 0 fully saturated rings. The number of hydrogen-bond acceptors (Lipinski definition) is 6. The number of hydrogen-bond donors (Lipinski definition) is 0. The first kappa shape index (κ1) is 24.5. The summed E-state index contributed by atoms with van der Waals surface area (Å²) in [5.41, 5.74) is 0. The van der Waals surface area contributed by atoms with Crippen LogP contribution >= 0.6 is 0 Å². The molecular formula is C18H32O6Si2. The van der Waals surface area contributed by atoms with Gasteiger partial charge in [-0.2, -0.15) is 0 Å². The Kier molecular flexibility index (Phi) is 10.6. The molecule has 0 radical (unpaired) electrons. The van der Waals surface area contributed by atoms with E-state index >= 15 is 0 Å². The minimum atomic E-state index is -2.27. The molecule has 0 aliphatic carbocycles. The lowest BCUT2D eigenvalue weighted by Gasteiger charge is -2.24. The van der Waals surface area contributed by atoms with Crippen LogP contribution in [0.4, 0.5) is 0 Å². The molecule has 0 aromatic rings. The van der Waals surface area contributed by atoms with Crippen molar-refractivity contribution >= 4 is 28.6 Å². The highest BCUT2D eigenvalue weighted by Crippen LogP contribution is 2.19. The Bertz CT molecular complexity index is 526. The highest BCUT2D eigenvalue weighted by molar-refractivity contribution is 6.78. The first-order valence-electron chi connectivity index (χ1n) is 8.77. The molecule has 0 aliphatic heterocycles. The Morgan fingerprint density at radius 1 is 0.731 bits per heavy atom. The van der Waals surface area contributed by atoms with E-state index in [1.807, 2.05) is 40.0 Å². The molecule has 0 spiro atoms. The Morgan fingerprint density at radius 2 is 1.04 bits per heavy atom. The zero-order valence-corrected chi connectivity index (χ0v) is 19.2. The number of rotatable bonds is 10. The minimum absolute atomic E-state index is 0.515. The van der Waals surface area contributed by atoms with Crippen LogP contribution in [0.15, 0.2) is 35.1 Å². The number of ether oxygens (including phenoxy) is 2. The van der Waals surface area contributed by atoms with E-state index in [1.54, 1.807) is 26.0 Å². The molecule has 0 bridgehead atoms. The number of esters is 2. The Labute approximate surface area is 159 Å². The van der Waals surface area contributed by atoms with Crippen LogP contribution in [0.5, 0.6) is 0 Å². The van der Waals surface area contributed by atoms with Crippen LogP contribution in [0, 0.1) is 0 Å². The molecule has 0 rings (SSSR count). The zero-order valence-electron chi connectivity index (χ0n) is 17.2. The van der Waals surface area contributed by atoms with Crippen LogP contribution in [0.3, 0.4) is 0 Å². The second-order valence-electron chi connectivity index (χ2n) is 6.37. The lowest BCUT2D eigenvalue weighted by molar-refractivity contribution is -0.135. The summed E-state index contributed by atoms with van der Waals surface area (Å²) in [7, 11) is -4.54. The molecule has 26 heavy (non-hydrogen) atoms. The quantitative estimate of drug-likeness (QED) is 0.239. The zero-order chi connectivity index (χ0) is 20.4. The molecule has 0 amide bonds. The minimum Gasteiger partial charge on any atom is -0.431 e.